The van der Waals surface area contributed by atoms with Crippen molar-refractivity contribution >= 4 is 17.8 Å². The zero-order valence-corrected chi connectivity index (χ0v) is 15.6. The van der Waals surface area contributed by atoms with Crippen molar-refractivity contribution in [2.24, 2.45) is 4.40 Å². The molecule has 0 bridgehead atoms. The fraction of sp³-hybridized carbons (Fsp3) is 0.381. The Bertz CT molecular complexity index is 800. The summed E-state index contributed by atoms with van der Waals surface area (Å²) < 4.78 is 34.3. The van der Waals surface area contributed by atoms with Crippen LogP contribution in [-0.4, -0.2) is 29.6 Å². The highest BCUT2D eigenvalue weighted by atomic mass is 32.2. The Balaban J connectivity index is 1.60. The molecule has 0 N–H and O–H groups in total. The zero-order valence-electron chi connectivity index (χ0n) is 14.8. The summed E-state index contributed by atoms with van der Waals surface area (Å²) >= 11 is 1.61. The lowest BCUT2D eigenvalue weighted by Gasteiger charge is -2.37. The highest BCUT2D eigenvalue weighted by Crippen LogP contribution is 2.38. The van der Waals surface area contributed by atoms with Crippen molar-refractivity contribution in [2.75, 3.05) is 18.8 Å². The molecule has 1 atom stereocenters. The van der Waals surface area contributed by atoms with E-state index in [1.165, 1.54) is 12.1 Å². The Morgan fingerprint density at radius 2 is 1.65 bits per heavy atom. The molecule has 1 saturated heterocycles. The van der Waals surface area contributed by atoms with Crippen molar-refractivity contribution in [1.29, 1.82) is 0 Å². The maximum Gasteiger partial charge on any atom is 0.298 e. The van der Waals surface area contributed by atoms with Gasteiger partial charge in [0.25, 0.3) is 5.92 Å². The maximum absolute atomic E-state index is 14.8. The SMILES string of the molecule is Cc1ccc(C(F)(F)c2ccc(C3CCCN4CCSN=C34)cc2)cc1. The van der Waals surface area contributed by atoms with Gasteiger partial charge >= 0.3 is 0 Å². The summed E-state index contributed by atoms with van der Waals surface area (Å²) in [6.07, 6.45) is 2.15. The number of benzene rings is 2. The quantitative estimate of drug-likeness (QED) is 0.673. The summed E-state index contributed by atoms with van der Waals surface area (Å²) in [4.78, 5) is 2.35. The van der Waals surface area contributed by atoms with Crippen molar-refractivity contribution in [3.63, 3.8) is 0 Å². The van der Waals surface area contributed by atoms with E-state index in [-0.39, 0.29) is 17.0 Å². The summed E-state index contributed by atoms with van der Waals surface area (Å²) in [6, 6.07) is 13.3. The number of halogens is 2. The maximum atomic E-state index is 14.8. The monoisotopic (exact) mass is 372 g/mol. The Morgan fingerprint density at radius 1 is 1.00 bits per heavy atom. The number of alkyl halides is 2. The van der Waals surface area contributed by atoms with Crippen LogP contribution in [0.25, 0.3) is 0 Å². The van der Waals surface area contributed by atoms with Gasteiger partial charge in [-0.05, 0) is 37.3 Å². The van der Waals surface area contributed by atoms with Crippen molar-refractivity contribution in [3.8, 4) is 0 Å². The molecule has 0 spiro atoms. The second-order valence-electron chi connectivity index (χ2n) is 7.03. The van der Waals surface area contributed by atoms with Gasteiger partial charge in [-0.3, -0.25) is 0 Å². The average Bonchev–Trinajstić information content (AvgIpc) is 2.68. The summed E-state index contributed by atoms with van der Waals surface area (Å²) in [6.45, 7) is 3.99. The first-order valence-electron chi connectivity index (χ1n) is 9.06. The first kappa shape index (κ1) is 17.5. The van der Waals surface area contributed by atoms with Gasteiger partial charge in [0.2, 0.25) is 0 Å². The highest BCUT2D eigenvalue weighted by Gasteiger charge is 2.35. The third kappa shape index (κ3) is 3.25. The van der Waals surface area contributed by atoms with Gasteiger partial charge in [0.1, 0.15) is 5.84 Å². The fourth-order valence-electron chi connectivity index (χ4n) is 3.73. The third-order valence-corrected chi connectivity index (χ3v) is 5.94. The summed E-state index contributed by atoms with van der Waals surface area (Å²) in [7, 11) is 0. The first-order valence-corrected chi connectivity index (χ1v) is 10.00. The minimum atomic E-state index is -2.98. The Labute approximate surface area is 157 Å². The number of aryl methyl sites for hydroxylation is 1. The lowest BCUT2D eigenvalue weighted by Crippen LogP contribution is -2.43. The minimum Gasteiger partial charge on any atom is -0.358 e. The van der Waals surface area contributed by atoms with Gasteiger partial charge in [0.05, 0.1) is 0 Å². The van der Waals surface area contributed by atoms with Gasteiger partial charge in [-0.2, -0.15) is 8.78 Å². The van der Waals surface area contributed by atoms with Crippen LogP contribution in [0.4, 0.5) is 8.78 Å². The molecule has 4 rings (SSSR count). The molecule has 136 valence electrons. The van der Waals surface area contributed by atoms with E-state index in [9.17, 15) is 8.78 Å². The van der Waals surface area contributed by atoms with Crippen LogP contribution >= 0.6 is 11.9 Å². The number of rotatable bonds is 3. The van der Waals surface area contributed by atoms with Crippen molar-refractivity contribution in [1.82, 2.24) is 4.90 Å². The molecular formula is C21H22F2N2S. The van der Waals surface area contributed by atoms with Crippen LogP contribution < -0.4 is 0 Å². The van der Waals surface area contributed by atoms with E-state index < -0.39 is 5.92 Å². The van der Waals surface area contributed by atoms with Crippen LogP contribution in [0.2, 0.25) is 0 Å². The van der Waals surface area contributed by atoms with Gasteiger partial charge in [0, 0.05) is 35.9 Å². The number of hydrogen-bond acceptors (Lipinski definition) is 3. The van der Waals surface area contributed by atoms with Crippen LogP contribution in [0.3, 0.4) is 0 Å². The van der Waals surface area contributed by atoms with Gasteiger partial charge in [0.15, 0.2) is 0 Å². The summed E-state index contributed by atoms with van der Waals surface area (Å²) in [5, 5.41) is 0. The molecule has 2 heterocycles. The lowest BCUT2D eigenvalue weighted by molar-refractivity contribution is 0.0428. The predicted octanol–water partition coefficient (Wildman–Crippen LogP) is 5.37. The number of hydrogen-bond donors (Lipinski definition) is 0. The molecule has 26 heavy (non-hydrogen) atoms. The van der Waals surface area contributed by atoms with E-state index in [2.05, 4.69) is 9.30 Å². The number of nitrogens with zero attached hydrogens (tertiary/aromatic N) is 2. The number of amidine groups is 1. The lowest BCUT2D eigenvalue weighted by atomic mass is 9.88. The molecule has 0 aliphatic carbocycles. The van der Waals surface area contributed by atoms with Crippen LogP contribution in [0.15, 0.2) is 52.9 Å². The molecule has 0 radical (unpaired) electrons. The molecule has 0 amide bonds. The average molecular weight is 372 g/mol. The third-order valence-electron chi connectivity index (χ3n) is 5.26. The Morgan fingerprint density at radius 3 is 2.35 bits per heavy atom. The standard InChI is InChI=1S/C21H22F2N2S/c1-15-4-8-17(9-5-15)21(22,23)18-10-6-16(7-11-18)19-3-2-12-25-13-14-26-24-20(19)25/h4-11,19H,2-3,12-14H2,1H3. The molecule has 0 saturated carbocycles. The van der Waals surface area contributed by atoms with E-state index in [4.69, 9.17) is 0 Å². The second-order valence-corrected chi connectivity index (χ2v) is 7.88. The molecule has 2 aliphatic heterocycles. The van der Waals surface area contributed by atoms with Gasteiger partial charge in [-0.15, -0.1) is 0 Å². The molecule has 1 unspecified atom stereocenters. The molecule has 1 fully saturated rings. The van der Waals surface area contributed by atoms with Gasteiger partial charge in [-0.25, -0.2) is 4.40 Å². The number of piperidine rings is 1. The van der Waals surface area contributed by atoms with E-state index in [0.29, 0.717) is 0 Å². The van der Waals surface area contributed by atoms with E-state index in [0.717, 1.165) is 48.6 Å². The van der Waals surface area contributed by atoms with Crippen molar-refractivity contribution in [3.05, 3.63) is 70.8 Å². The molecular weight excluding hydrogens is 350 g/mol. The zero-order chi connectivity index (χ0) is 18.1. The Hall–Kier alpha value is -1.88. The fourth-order valence-corrected chi connectivity index (χ4v) is 4.50. The smallest absolute Gasteiger partial charge is 0.298 e. The minimum absolute atomic E-state index is 0.0350. The van der Waals surface area contributed by atoms with Gasteiger partial charge < -0.3 is 4.90 Å². The van der Waals surface area contributed by atoms with Crippen LogP contribution in [0, 0.1) is 6.92 Å². The molecule has 2 nitrogen and oxygen atoms in total. The molecule has 2 aromatic rings. The molecule has 2 aliphatic rings. The Kier molecular flexibility index (Phi) is 4.74. The normalized spacial score (nSPS) is 20.5. The predicted molar refractivity (Wildman–Crippen MR) is 104 cm³/mol. The first-order chi connectivity index (χ1) is 12.6. The van der Waals surface area contributed by atoms with Crippen LogP contribution in [0.1, 0.15) is 41.0 Å². The topological polar surface area (TPSA) is 15.6 Å². The molecule has 5 heteroatoms. The van der Waals surface area contributed by atoms with Gasteiger partial charge in [-0.1, -0.05) is 54.1 Å². The molecule has 0 aromatic heterocycles. The second kappa shape index (κ2) is 7.03. The van der Waals surface area contributed by atoms with E-state index >= 15 is 0 Å². The molecule has 2 aromatic carbocycles. The van der Waals surface area contributed by atoms with E-state index in [1.54, 1.807) is 36.2 Å². The van der Waals surface area contributed by atoms with Crippen LogP contribution in [-0.2, 0) is 5.92 Å². The highest BCUT2D eigenvalue weighted by molar-refractivity contribution is 7.98. The largest absolute Gasteiger partial charge is 0.358 e. The van der Waals surface area contributed by atoms with Crippen molar-refractivity contribution in [2.45, 2.75) is 31.6 Å². The van der Waals surface area contributed by atoms with Crippen LogP contribution in [0.5, 0.6) is 0 Å². The summed E-state index contributed by atoms with van der Waals surface area (Å²) in [5.41, 5.74) is 2.14. The number of fused-ring (bicyclic) bond motifs is 1. The van der Waals surface area contributed by atoms with Crippen molar-refractivity contribution < 1.29 is 8.78 Å². The van der Waals surface area contributed by atoms with E-state index in [1.807, 2.05) is 19.1 Å². The summed E-state index contributed by atoms with van der Waals surface area (Å²) in [5.74, 6) is -0.620.